The standard InChI is InChI=1S/C22H25N3O4/c1-14(15-8-10-17(11-9-15)24-20(26)16-6-7-16)23-21(27)18-4-2-12-25(18)22(28)19-5-3-13-29-19/h3,5,8-11,13-14,16,18H,2,4,6-7,12H2,1H3,(H,23,27)(H,24,26). The minimum atomic E-state index is -0.493. The van der Waals surface area contributed by atoms with Gasteiger partial charge in [0, 0.05) is 18.2 Å². The van der Waals surface area contributed by atoms with Gasteiger partial charge in [0.05, 0.1) is 12.3 Å². The van der Waals surface area contributed by atoms with Gasteiger partial charge in [-0.1, -0.05) is 12.1 Å². The molecule has 3 amide bonds. The molecule has 4 rings (SSSR count). The zero-order valence-electron chi connectivity index (χ0n) is 16.4. The van der Waals surface area contributed by atoms with Gasteiger partial charge in [0.15, 0.2) is 5.76 Å². The molecule has 2 N–H and O–H groups in total. The molecule has 1 aromatic heterocycles. The van der Waals surface area contributed by atoms with Crippen molar-refractivity contribution in [2.45, 2.75) is 44.7 Å². The normalized spacial score (nSPS) is 19.6. The first-order valence-electron chi connectivity index (χ1n) is 10.1. The molecule has 1 aromatic carbocycles. The Balaban J connectivity index is 1.35. The lowest BCUT2D eigenvalue weighted by molar-refractivity contribution is -0.125. The van der Waals surface area contributed by atoms with Crippen molar-refractivity contribution < 1.29 is 18.8 Å². The molecule has 1 saturated carbocycles. The van der Waals surface area contributed by atoms with E-state index in [0.717, 1.165) is 30.5 Å². The summed E-state index contributed by atoms with van der Waals surface area (Å²) in [6.07, 6.45) is 4.81. The quantitative estimate of drug-likeness (QED) is 0.786. The van der Waals surface area contributed by atoms with Crippen molar-refractivity contribution in [3.05, 3.63) is 54.0 Å². The second-order valence-corrected chi connectivity index (χ2v) is 7.75. The van der Waals surface area contributed by atoms with Gasteiger partial charge < -0.3 is 20.0 Å². The molecule has 1 aliphatic carbocycles. The molecule has 7 heteroatoms. The Bertz CT molecular complexity index is 887. The monoisotopic (exact) mass is 395 g/mol. The van der Waals surface area contributed by atoms with Crippen molar-refractivity contribution >= 4 is 23.4 Å². The van der Waals surface area contributed by atoms with Gasteiger partial charge >= 0.3 is 0 Å². The largest absolute Gasteiger partial charge is 0.459 e. The maximum atomic E-state index is 12.8. The Morgan fingerprint density at radius 1 is 1.07 bits per heavy atom. The summed E-state index contributed by atoms with van der Waals surface area (Å²) < 4.78 is 5.19. The topological polar surface area (TPSA) is 91.7 Å². The highest BCUT2D eigenvalue weighted by molar-refractivity contribution is 5.96. The second kappa shape index (κ2) is 8.11. The van der Waals surface area contributed by atoms with Gasteiger partial charge in [0.25, 0.3) is 5.91 Å². The molecule has 2 aromatic rings. The van der Waals surface area contributed by atoms with E-state index in [1.807, 2.05) is 31.2 Å². The van der Waals surface area contributed by atoms with Gasteiger partial charge in [0.2, 0.25) is 11.8 Å². The molecule has 2 unspecified atom stereocenters. The zero-order valence-corrected chi connectivity index (χ0v) is 16.4. The molecule has 1 aliphatic heterocycles. The highest BCUT2D eigenvalue weighted by Gasteiger charge is 2.36. The van der Waals surface area contributed by atoms with Crippen molar-refractivity contribution in [2.24, 2.45) is 5.92 Å². The number of carbonyl (C=O) groups is 3. The number of rotatable bonds is 6. The van der Waals surface area contributed by atoms with Gasteiger partial charge in [0.1, 0.15) is 6.04 Å². The number of furan rings is 1. The lowest BCUT2D eigenvalue weighted by atomic mass is 10.1. The predicted molar refractivity (Wildman–Crippen MR) is 107 cm³/mol. The van der Waals surface area contributed by atoms with Gasteiger partial charge in [-0.2, -0.15) is 0 Å². The summed E-state index contributed by atoms with van der Waals surface area (Å²) in [6, 6.07) is 10.1. The number of likely N-dealkylation sites (tertiary alicyclic amines) is 1. The highest BCUT2D eigenvalue weighted by atomic mass is 16.3. The summed E-state index contributed by atoms with van der Waals surface area (Å²) in [7, 11) is 0. The summed E-state index contributed by atoms with van der Waals surface area (Å²) in [5.41, 5.74) is 1.69. The number of benzene rings is 1. The van der Waals surface area contributed by atoms with Gasteiger partial charge in [-0.15, -0.1) is 0 Å². The smallest absolute Gasteiger partial charge is 0.290 e. The Hall–Kier alpha value is -3.09. The van der Waals surface area contributed by atoms with E-state index in [9.17, 15) is 14.4 Å². The van der Waals surface area contributed by atoms with Gasteiger partial charge in [-0.25, -0.2) is 0 Å². The first kappa shape index (κ1) is 19.2. The van der Waals surface area contributed by atoms with Crippen molar-refractivity contribution in [1.82, 2.24) is 10.2 Å². The number of nitrogens with zero attached hydrogens (tertiary/aromatic N) is 1. The van der Waals surface area contributed by atoms with Gasteiger partial charge in [-0.05, 0) is 62.4 Å². The minimum absolute atomic E-state index is 0.0710. The summed E-state index contributed by atoms with van der Waals surface area (Å²) >= 11 is 0. The summed E-state index contributed by atoms with van der Waals surface area (Å²) in [5, 5.41) is 5.91. The van der Waals surface area contributed by atoms with E-state index in [1.54, 1.807) is 17.0 Å². The number of carbonyl (C=O) groups excluding carboxylic acids is 3. The lowest BCUT2D eigenvalue weighted by Gasteiger charge is -2.25. The lowest BCUT2D eigenvalue weighted by Crippen LogP contribution is -2.46. The van der Waals surface area contributed by atoms with Crippen LogP contribution in [0.15, 0.2) is 47.1 Å². The van der Waals surface area contributed by atoms with Crippen molar-refractivity contribution in [3.63, 3.8) is 0 Å². The first-order valence-corrected chi connectivity index (χ1v) is 10.1. The third-order valence-corrected chi connectivity index (χ3v) is 5.53. The maximum Gasteiger partial charge on any atom is 0.290 e. The van der Waals surface area contributed by atoms with Crippen molar-refractivity contribution in [1.29, 1.82) is 0 Å². The van der Waals surface area contributed by atoms with Crippen LogP contribution in [0.2, 0.25) is 0 Å². The van der Waals surface area contributed by atoms with Crippen LogP contribution in [0.3, 0.4) is 0 Å². The van der Waals surface area contributed by atoms with E-state index in [2.05, 4.69) is 10.6 Å². The molecule has 2 atom stereocenters. The van der Waals surface area contributed by atoms with Crippen molar-refractivity contribution in [3.8, 4) is 0 Å². The van der Waals surface area contributed by atoms with E-state index in [-0.39, 0.29) is 35.4 Å². The molecular weight excluding hydrogens is 370 g/mol. The molecule has 29 heavy (non-hydrogen) atoms. The molecule has 2 fully saturated rings. The van der Waals surface area contributed by atoms with E-state index >= 15 is 0 Å². The number of amides is 3. The molecular formula is C22H25N3O4. The van der Waals surface area contributed by atoms with Crippen LogP contribution in [0.5, 0.6) is 0 Å². The van der Waals surface area contributed by atoms with E-state index in [1.165, 1.54) is 6.26 Å². The van der Waals surface area contributed by atoms with Crippen LogP contribution >= 0.6 is 0 Å². The Kier molecular flexibility index (Phi) is 5.38. The predicted octanol–water partition coefficient (Wildman–Crippen LogP) is 3.11. The van der Waals surface area contributed by atoms with Crippen LogP contribution in [-0.2, 0) is 9.59 Å². The average molecular weight is 395 g/mol. The first-order chi connectivity index (χ1) is 14.0. The summed E-state index contributed by atoms with van der Waals surface area (Å²) in [4.78, 5) is 38.8. The van der Waals surface area contributed by atoms with Crippen LogP contribution in [0.4, 0.5) is 5.69 Å². The molecule has 1 saturated heterocycles. The Morgan fingerprint density at radius 2 is 1.83 bits per heavy atom. The summed E-state index contributed by atoms with van der Waals surface area (Å²) in [6.45, 7) is 2.45. The van der Waals surface area contributed by atoms with Crippen LogP contribution in [0.25, 0.3) is 0 Å². The second-order valence-electron chi connectivity index (χ2n) is 7.75. The molecule has 2 aliphatic rings. The van der Waals surface area contributed by atoms with E-state index in [4.69, 9.17) is 4.42 Å². The molecule has 0 spiro atoms. The molecule has 2 heterocycles. The maximum absolute atomic E-state index is 12.8. The molecule has 152 valence electrons. The number of hydrogen-bond donors (Lipinski definition) is 2. The highest BCUT2D eigenvalue weighted by Crippen LogP contribution is 2.30. The van der Waals surface area contributed by atoms with E-state index in [0.29, 0.717) is 13.0 Å². The number of anilines is 1. The van der Waals surface area contributed by atoms with Crippen molar-refractivity contribution in [2.75, 3.05) is 11.9 Å². The third-order valence-electron chi connectivity index (χ3n) is 5.53. The average Bonchev–Trinajstić information content (AvgIpc) is 3.22. The van der Waals surface area contributed by atoms with Crippen LogP contribution < -0.4 is 10.6 Å². The van der Waals surface area contributed by atoms with Crippen LogP contribution in [0.1, 0.15) is 54.8 Å². The fourth-order valence-electron chi connectivity index (χ4n) is 3.66. The number of hydrogen-bond acceptors (Lipinski definition) is 4. The van der Waals surface area contributed by atoms with Gasteiger partial charge in [-0.3, -0.25) is 14.4 Å². The minimum Gasteiger partial charge on any atom is -0.459 e. The zero-order chi connectivity index (χ0) is 20.4. The molecule has 0 bridgehead atoms. The Morgan fingerprint density at radius 3 is 2.48 bits per heavy atom. The fraction of sp³-hybridized carbons (Fsp3) is 0.409. The van der Waals surface area contributed by atoms with Crippen LogP contribution in [0, 0.1) is 5.92 Å². The third kappa shape index (κ3) is 4.34. The molecule has 0 radical (unpaired) electrons. The fourth-order valence-corrected chi connectivity index (χ4v) is 3.66. The molecule has 7 nitrogen and oxygen atoms in total. The SMILES string of the molecule is CC(NC(=O)C1CCCN1C(=O)c1ccco1)c1ccc(NC(=O)C2CC2)cc1. The number of nitrogens with one attached hydrogen (secondary N) is 2. The summed E-state index contributed by atoms with van der Waals surface area (Å²) in [5.74, 6) is 0.0615. The van der Waals surface area contributed by atoms with E-state index < -0.39 is 6.04 Å². The Labute approximate surface area is 169 Å². The van der Waals surface area contributed by atoms with Crippen LogP contribution in [-0.4, -0.2) is 35.2 Å².